The molecule has 3 rings (SSSR count). The van der Waals surface area contributed by atoms with E-state index in [0.29, 0.717) is 5.92 Å². The van der Waals surface area contributed by atoms with E-state index in [9.17, 15) is 0 Å². The summed E-state index contributed by atoms with van der Waals surface area (Å²) in [6.07, 6.45) is 9.94. The van der Waals surface area contributed by atoms with Crippen LogP contribution in [0.3, 0.4) is 0 Å². The molecule has 1 aliphatic heterocycles. The fraction of sp³-hybridized carbons (Fsp3) is 0.320. The highest BCUT2D eigenvalue weighted by Crippen LogP contribution is 2.17. The van der Waals surface area contributed by atoms with Crippen LogP contribution in [-0.4, -0.2) is 31.1 Å². The minimum Gasteiger partial charge on any atom is -0.492 e. The van der Waals surface area contributed by atoms with Crippen molar-refractivity contribution in [1.29, 1.82) is 0 Å². The lowest BCUT2D eigenvalue weighted by Crippen LogP contribution is -2.25. The van der Waals surface area contributed by atoms with Gasteiger partial charge in [-0.2, -0.15) is 0 Å². The van der Waals surface area contributed by atoms with Crippen LogP contribution in [0.1, 0.15) is 18.4 Å². The van der Waals surface area contributed by atoms with E-state index in [1.165, 1.54) is 31.5 Å². The fourth-order valence-electron chi connectivity index (χ4n) is 3.45. The van der Waals surface area contributed by atoms with Gasteiger partial charge < -0.3 is 4.74 Å². The molecule has 0 saturated carbocycles. The lowest BCUT2D eigenvalue weighted by Gasteiger charge is -2.15. The number of ether oxygens (including phenoxy) is 1. The van der Waals surface area contributed by atoms with Gasteiger partial charge in [-0.15, -0.1) is 6.58 Å². The van der Waals surface area contributed by atoms with Gasteiger partial charge in [0.2, 0.25) is 0 Å². The van der Waals surface area contributed by atoms with Crippen LogP contribution in [0, 0.1) is 12.3 Å². The third kappa shape index (κ3) is 6.11. The molecule has 2 aromatic carbocycles. The maximum Gasteiger partial charge on any atom is 0.119 e. The van der Waals surface area contributed by atoms with Gasteiger partial charge in [-0.1, -0.05) is 55.1 Å². The Labute approximate surface area is 163 Å². The molecule has 0 amide bonds. The molecule has 2 aromatic rings. The van der Waals surface area contributed by atoms with E-state index in [0.717, 1.165) is 35.8 Å². The van der Waals surface area contributed by atoms with Gasteiger partial charge >= 0.3 is 0 Å². The second-order valence-electron chi connectivity index (χ2n) is 7.20. The Balaban J connectivity index is 1.50. The summed E-state index contributed by atoms with van der Waals surface area (Å²) in [4.78, 5) is 2.47. The molecule has 1 aliphatic rings. The molecule has 1 fully saturated rings. The van der Waals surface area contributed by atoms with Crippen LogP contribution in [0.15, 0.2) is 61.2 Å². The Hall–Kier alpha value is -2.32. The summed E-state index contributed by atoms with van der Waals surface area (Å²) >= 11 is 0. The zero-order chi connectivity index (χ0) is 18.9. The predicted octanol–water partition coefficient (Wildman–Crippen LogP) is 3.60. The van der Waals surface area contributed by atoms with Crippen LogP contribution in [0.25, 0.3) is 12.7 Å². The first-order valence-corrected chi connectivity index (χ1v) is 9.90. The Morgan fingerprint density at radius 2 is 1.78 bits per heavy atom. The lowest BCUT2D eigenvalue weighted by atomic mass is 9.95. The molecule has 0 N–H and O–H groups in total. The van der Waals surface area contributed by atoms with Gasteiger partial charge in [0, 0.05) is 6.54 Å². The normalized spacial score (nSPS) is 16.4. The minimum absolute atomic E-state index is 0.298. The second kappa shape index (κ2) is 10.1. The molecule has 141 valence electrons. The quantitative estimate of drug-likeness (QED) is 0.634. The molecule has 0 bridgehead atoms. The molecule has 0 aliphatic carbocycles. The Bertz CT molecular complexity index is 818. The maximum atomic E-state index is 5.89. The van der Waals surface area contributed by atoms with Crippen LogP contribution >= 0.6 is 0 Å². The summed E-state index contributed by atoms with van der Waals surface area (Å²) in [5.41, 5.74) is 1.29. The zero-order valence-electron chi connectivity index (χ0n) is 16.1. The average molecular weight is 361 g/mol. The number of likely N-dealkylation sites (tertiary alicyclic amines) is 1. The third-order valence-corrected chi connectivity index (χ3v) is 5.15. The van der Waals surface area contributed by atoms with Gasteiger partial charge in [-0.05, 0) is 72.8 Å². The van der Waals surface area contributed by atoms with Gasteiger partial charge in [-0.3, -0.25) is 4.90 Å². The van der Waals surface area contributed by atoms with Crippen LogP contribution < -0.4 is 15.2 Å². The van der Waals surface area contributed by atoms with E-state index in [-0.39, 0.29) is 0 Å². The number of hydrogen-bond acceptors (Lipinski definition) is 2. The summed E-state index contributed by atoms with van der Waals surface area (Å²) < 4.78 is 5.89. The molecule has 1 radical (unpaired) electrons. The van der Waals surface area contributed by atoms with E-state index in [1.54, 1.807) is 0 Å². The summed E-state index contributed by atoms with van der Waals surface area (Å²) in [7, 11) is 0. The molecule has 1 atom stereocenters. The standard InChI is InChI=1S/C25H30NO/c1-3-22(10-13-24-9-5-4-8-21(24)2)20-23-11-14-25(15-12-23)27-19-18-26-16-6-7-17-26/h3-5,8-15,22H,1-2,6-7,16-20H2/b24-13-. The SMILES string of the molecule is C=CC([CH]/C=c1/ccccc1=C)Cc1ccc(OCCN2CCCC2)cc1. The molecule has 2 heteroatoms. The summed E-state index contributed by atoms with van der Waals surface area (Å²) in [6, 6.07) is 16.6. The van der Waals surface area contributed by atoms with Crippen molar-refractivity contribution in [2.24, 2.45) is 5.92 Å². The van der Waals surface area contributed by atoms with Crippen molar-refractivity contribution in [1.82, 2.24) is 4.90 Å². The highest BCUT2D eigenvalue weighted by atomic mass is 16.5. The third-order valence-electron chi connectivity index (χ3n) is 5.15. The van der Waals surface area contributed by atoms with Crippen LogP contribution in [0.4, 0.5) is 0 Å². The second-order valence-corrected chi connectivity index (χ2v) is 7.20. The molecule has 2 nitrogen and oxygen atoms in total. The molecule has 0 aromatic heterocycles. The van der Waals surface area contributed by atoms with Crippen molar-refractivity contribution in [3.8, 4) is 5.75 Å². The van der Waals surface area contributed by atoms with E-state index < -0.39 is 0 Å². The highest BCUT2D eigenvalue weighted by Gasteiger charge is 2.10. The van der Waals surface area contributed by atoms with Crippen molar-refractivity contribution in [3.05, 3.63) is 83.6 Å². The van der Waals surface area contributed by atoms with Crippen molar-refractivity contribution in [3.63, 3.8) is 0 Å². The Morgan fingerprint density at radius 1 is 1.04 bits per heavy atom. The van der Waals surface area contributed by atoms with Crippen molar-refractivity contribution < 1.29 is 4.74 Å². The van der Waals surface area contributed by atoms with Gasteiger partial charge in [0.05, 0.1) is 0 Å². The Kier molecular flexibility index (Phi) is 7.29. The molecule has 1 saturated heterocycles. The van der Waals surface area contributed by atoms with Crippen LogP contribution in [0.2, 0.25) is 0 Å². The van der Waals surface area contributed by atoms with Gasteiger partial charge in [0.15, 0.2) is 0 Å². The number of rotatable bonds is 9. The molecule has 0 spiro atoms. The first kappa shape index (κ1) is 19.4. The molecule has 27 heavy (non-hydrogen) atoms. The molecular weight excluding hydrogens is 330 g/mol. The monoisotopic (exact) mass is 360 g/mol. The zero-order valence-corrected chi connectivity index (χ0v) is 16.1. The van der Waals surface area contributed by atoms with Crippen molar-refractivity contribution in [2.45, 2.75) is 19.3 Å². The maximum absolute atomic E-state index is 5.89. The summed E-state index contributed by atoms with van der Waals surface area (Å²) in [5, 5.41) is 2.21. The average Bonchev–Trinajstić information content (AvgIpc) is 3.21. The van der Waals surface area contributed by atoms with E-state index in [2.05, 4.69) is 60.9 Å². The summed E-state index contributed by atoms with van der Waals surface area (Å²) in [5.74, 6) is 1.25. The van der Waals surface area contributed by atoms with Gasteiger partial charge in [0.1, 0.15) is 12.4 Å². The molecule has 1 heterocycles. The largest absolute Gasteiger partial charge is 0.492 e. The fourth-order valence-corrected chi connectivity index (χ4v) is 3.45. The minimum atomic E-state index is 0.298. The molecule has 1 unspecified atom stereocenters. The van der Waals surface area contributed by atoms with Crippen LogP contribution in [-0.2, 0) is 6.42 Å². The Morgan fingerprint density at radius 3 is 2.48 bits per heavy atom. The number of allylic oxidation sites excluding steroid dienone is 1. The van der Waals surface area contributed by atoms with Gasteiger partial charge in [-0.25, -0.2) is 0 Å². The number of benzene rings is 2. The van der Waals surface area contributed by atoms with E-state index in [4.69, 9.17) is 4.74 Å². The first-order valence-electron chi connectivity index (χ1n) is 9.90. The van der Waals surface area contributed by atoms with E-state index >= 15 is 0 Å². The predicted molar refractivity (Wildman–Crippen MR) is 115 cm³/mol. The number of hydrogen-bond donors (Lipinski definition) is 0. The lowest BCUT2D eigenvalue weighted by molar-refractivity contribution is 0.238. The van der Waals surface area contributed by atoms with Crippen molar-refractivity contribution >= 4 is 12.7 Å². The van der Waals surface area contributed by atoms with E-state index in [1.807, 2.05) is 24.3 Å². The van der Waals surface area contributed by atoms with Crippen LogP contribution in [0.5, 0.6) is 5.75 Å². The number of nitrogens with zero attached hydrogens (tertiary/aromatic N) is 1. The highest BCUT2D eigenvalue weighted by molar-refractivity contribution is 5.37. The van der Waals surface area contributed by atoms with Crippen molar-refractivity contribution in [2.75, 3.05) is 26.2 Å². The summed E-state index contributed by atoms with van der Waals surface area (Å²) in [6.45, 7) is 12.3. The van der Waals surface area contributed by atoms with Gasteiger partial charge in [0.25, 0.3) is 0 Å². The topological polar surface area (TPSA) is 12.5 Å². The first-order chi connectivity index (χ1) is 13.2. The molecular formula is C25H30NO. The smallest absolute Gasteiger partial charge is 0.119 e.